The van der Waals surface area contributed by atoms with Crippen LogP contribution >= 0.6 is 22.9 Å². The third-order valence-corrected chi connectivity index (χ3v) is 8.82. The number of halogens is 1. The second-order valence-electron chi connectivity index (χ2n) is 7.39. The Kier molecular flexibility index (Phi) is 6.20. The molecular formula is C21H22ClN3O4S2. The summed E-state index contributed by atoms with van der Waals surface area (Å²) in [6.07, 6.45) is 2.76. The summed E-state index contributed by atoms with van der Waals surface area (Å²) in [7, 11) is -2.04. The minimum atomic E-state index is -3.58. The number of hydrogen-bond acceptors (Lipinski definition) is 6. The Balaban J connectivity index is 1.54. The predicted molar refractivity (Wildman–Crippen MR) is 123 cm³/mol. The summed E-state index contributed by atoms with van der Waals surface area (Å²) in [6.45, 7) is 2.45. The molecule has 2 aromatic carbocycles. The van der Waals surface area contributed by atoms with Gasteiger partial charge in [-0.25, -0.2) is 13.4 Å². The molecule has 1 fully saturated rings. The number of piperidine rings is 1. The standard InChI is InChI=1S/C21H22ClN3O4S2/c1-13-5-3-4-12-25(13)31(27,28)15-8-6-14(7-9-15)20(26)24-21-23-18-17(29-2)11-10-16(22)19(18)30-21/h6-11,13H,3-5,12H2,1-2H3,(H,23,24,26). The maximum atomic E-state index is 13.0. The fourth-order valence-electron chi connectivity index (χ4n) is 3.68. The molecule has 1 amide bonds. The average Bonchev–Trinajstić information content (AvgIpc) is 3.19. The fourth-order valence-corrected chi connectivity index (χ4v) is 6.53. The third kappa shape index (κ3) is 4.27. The van der Waals surface area contributed by atoms with Gasteiger partial charge in [0.1, 0.15) is 11.3 Å². The number of amides is 1. The fraction of sp³-hybridized carbons (Fsp3) is 0.333. The molecule has 0 saturated carbocycles. The van der Waals surface area contributed by atoms with Gasteiger partial charge in [-0.05, 0) is 56.2 Å². The Morgan fingerprint density at radius 2 is 1.97 bits per heavy atom. The van der Waals surface area contributed by atoms with Crippen LogP contribution in [-0.4, -0.2) is 43.3 Å². The lowest BCUT2D eigenvalue weighted by molar-refractivity contribution is 0.102. The van der Waals surface area contributed by atoms with Crippen LogP contribution in [0.25, 0.3) is 10.2 Å². The van der Waals surface area contributed by atoms with E-state index >= 15 is 0 Å². The van der Waals surface area contributed by atoms with Crippen LogP contribution in [0.15, 0.2) is 41.3 Å². The number of hydrogen-bond donors (Lipinski definition) is 1. The zero-order valence-corrected chi connectivity index (χ0v) is 19.5. The van der Waals surface area contributed by atoms with E-state index in [0.29, 0.717) is 38.2 Å². The minimum absolute atomic E-state index is 0.0235. The van der Waals surface area contributed by atoms with Gasteiger partial charge in [0.25, 0.3) is 5.91 Å². The summed E-state index contributed by atoms with van der Waals surface area (Å²) < 4.78 is 33.5. The van der Waals surface area contributed by atoms with Crippen LogP contribution in [-0.2, 0) is 10.0 Å². The van der Waals surface area contributed by atoms with Gasteiger partial charge in [0, 0.05) is 18.2 Å². The van der Waals surface area contributed by atoms with E-state index < -0.39 is 10.0 Å². The quantitative estimate of drug-likeness (QED) is 0.569. The number of aromatic nitrogens is 1. The molecule has 31 heavy (non-hydrogen) atoms. The molecule has 164 valence electrons. The average molecular weight is 480 g/mol. The molecule has 7 nitrogen and oxygen atoms in total. The number of benzene rings is 2. The summed E-state index contributed by atoms with van der Waals surface area (Å²) in [5.74, 6) is 0.182. The molecule has 1 aliphatic heterocycles. The van der Waals surface area contributed by atoms with Crippen LogP contribution in [0, 0.1) is 0 Å². The second kappa shape index (κ2) is 8.74. The number of nitrogens with one attached hydrogen (secondary N) is 1. The summed E-state index contributed by atoms with van der Waals surface area (Å²) in [5, 5.41) is 3.65. The van der Waals surface area contributed by atoms with Gasteiger partial charge >= 0.3 is 0 Å². The van der Waals surface area contributed by atoms with Crippen molar-refractivity contribution in [3.63, 3.8) is 0 Å². The van der Waals surface area contributed by atoms with Gasteiger partial charge in [0.05, 0.1) is 21.7 Å². The van der Waals surface area contributed by atoms with Crippen molar-refractivity contribution in [2.24, 2.45) is 0 Å². The number of thiazole rings is 1. The van der Waals surface area contributed by atoms with E-state index in [1.54, 1.807) is 23.5 Å². The molecule has 0 spiro atoms. The van der Waals surface area contributed by atoms with E-state index in [-0.39, 0.29) is 16.8 Å². The summed E-state index contributed by atoms with van der Waals surface area (Å²) in [5.41, 5.74) is 0.912. The van der Waals surface area contributed by atoms with Crippen LogP contribution < -0.4 is 10.1 Å². The van der Waals surface area contributed by atoms with E-state index in [4.69, 9.17) is 16.3 Å². The van der Waals surface area contributed by atoms with Crippen LogP contribution in [0.2, 0.25) is 5.02 Å². The molecular weight excluding hydrogens is 458 g/mol. The van der Waals surface area contributed by atoms with Gasteiger partial charge in [-0.15, -0.1) is 0 Å². The monoisotopic (exact) mass is 479 g/mol. The van der Waals surface area contributed by atoms with Crippen molar-refractivity contribution < 1.29 is 17.9 Å². The van der Waals surface area contributed by atoms with E-state index in [0.717, 1.165) is 19.3 Å². The number of ether oxygens (including phenoxy) is 1. The topological polar surface area (TPSA) is 88.6 Å². The lowest BCUT2D eigenvalue weighted by atomic mass is 10.1. The zero-order chi connectivity index (χ0) is 22.2. The Labute approximate surface area is 190 Å². The van der Waals surface area contributed by atoms with E-state index in [9.17, 15) is 13.2 Å². The largest absolute Gasteiger partial charge is 0.494 e. The van der Waals surface area contributed by atoms with E-state index in [1.165, 1.54) is 35.6 Å². The number of carbonyl (C=O) groups excluding carboxylic acids is 1. The van der Waals surface area contributed by atoms with Crippen molar-refractivity contribution in [2.45, 2.75) is 37.1 Å². The summed E-state index contributed by atoms with van der Waals surface area (Å²) in [6, 6.07) is 9.39. The first-order chi connectivity index (χ1) is 14.8. The number of carbonyl (C=O) groups is 1. The van der Waals surface area contributed by atoms with Crippen LogP contribution in [0.5, 0.6) is 5.75 Å². The minimum Gasteiger partial charge on any atom is -0.494 e. The summed E-state index contributed by atoms with van der Waals surface area (Å²) >= 11 is 7.47. The molecule has 0 aliphatic carbocycles. The van der Waals surface area contributed by atoms with Gasteiger partial charge in [-0.1, -0.05) is 29.4 Å². The molecule has 1 atom stereocenters. The molecule has 1 N–H and O–H groups in total. The highest BCUT2D eigenvalue weighted by molar-refractivity contribution is 7.89. The lowest BCUT2D eigenvalue weighted by Gasteiger charge is -2.32. The second-order valence-corrected chi connectivity index (χ2v) is 10.7. The number of methoxy groups -OCH3 is 1. The molecule has 10 heteroatoms. The Bertz CT molecular complexity index is 1230. The molecule has 4 rings (SSSR count). The molecule has 2 heterocycles. The smallest absolute Gasteiger partial charge is 0.257 e. The van der Waals surface area contributed by atoms with Crippen LogP contribution in [0.3, 0.4) is 0 Å². The van der Waals surface area contributed by atoms with Crippen molar-refractivity contribution in [3.05, 3.63) is 47.0 Å². The number of nitrogens with zero attached hydrogens (tertiary/aromatic N) is 2. The first kappa shape index (κ1) is 22.0. The molecule has 1 aromatic heterocycles. The Morgan fingerprint density at radius 3 is 2.65 bits per heavy atom. The van der Waals surface area contributed by atoms with Crippen molar-refractivity contribution in [1.29, 1.82) is 0 Å². The first-order valence-corrected chi connectivity index (χ1v) is 12.5. The van der Waals surface area contributed by atoms with Crippen LogP contribution in [0.4, 0.5) is 5.13 Å². The van der Waals surface area contributed by atoms with Crippen molar-refractivity contribution in [3.8, 4) is 5.75 Å². The Hall–Kier alpha value is -2.20. The molecule has 0 radical (unpaired) electrons. The highest BCUT2D eigenvalue weighted by atomic mass is 35.5. The van der Waals surface area contributed by atoms with Crippen LogP contribution in [0.1, 0.15) is 36.5 Å². The molecule has 3 aromatic rings. The SMILES string of the molecule is COc1ccc(Cl)c2sc(NC(=O)c3ccc(S(=O)(=O)N4CCCCC4C)cc3)nc12. The number of rotatable bonds is 5. The number of anilines is 1. The van der Waals surface area contributed by atoms with Gasteiger partial charge in [0.15, 0.2) is 5.13 Å². The van der Waals surface area contributed by atoms with Gasteiger partial charge < -0.3 is 4.74 Å². The Morgan fingerprint density at radius 1 is 1.23 bits per heavy atom. The van der Waals surface area contributed by atoms with Crippen molar-refractivity contribution in [1.82, 2.24) is 9.29 Å². The van der Waals surface area contributed by atoms with Crippen molar-refractivity contribution in [2.75, 3.05) is 19.0 Å². The molecule has 0 bridgehead atoms. The summed E-state index contributed by atoms with van der Waals surface area (Å²) in [4.78, 5) is 17.3. The first-order valence-electron chi connectivity index (χ1n) is 9.87. The van der Waals surface area contributed by atoms with Gasteiger partial charge in [-0.3, -0.25) is 10.1 Å². The van der Waals surface area contributed by atoms with E-state index in [2.05, 4.69) is 10.3 Å². The zero-order valence-electron chi connectivity index (χ0n) is 17.1. The number of sulfonamides is 1. The molecule has 1 aliphatic rings. The maximum absolute atomic E-state index is 13.0. The van der Waals surface area contributed by atoms with Gasteiger partial charge in [0.2, 0.25) is 10.0 Å². The van der Waals surface area contributed by atoms with Crippen molar-refractivity contribution >= 4 is 54.2 Å². The normalized spacial score (nSPS) is 17.6. The molecule has 1 unspecified atom stereocenters. The molecule has 1 saturated heterocycles. The number of fused-ring (bicyclic) bond motifs is 1. The lowest BCUT2D eigenvalue weighted by Crippen LogP contribution is -2.41. The predicted octanol–water partition coefficient (Wildman–Crippen LogP) is 4.77. The van der Waals surface area contributed by atoms with E-state index in [1.807, 2.05) is 6.92 Å². The maximum Gasteiger partial charge on any atom is 0.257 e. The van der Waals surface area contributed by atoms with Gasteiger partial charge in [-0.2, -0.15) is 4.31 Å². The highest BCUT2D eigenvalue weighted by Gasteiger charge is 2.31. The highest BCUT2D eigenvalue weighted by Crippen LogP contribution is 2.37. The third-order valence-electron chi connectivity index (χ3n) is 5.36.